The van der Waals surface area contributed by atoms with E-state index in [0.29, 0.717) is 6.42 Å². The summed E-state index contributed by atoms with van der Waals surface area (Å²) in [4.78, 5) is 19.5. The zero-order chi connectivity index (χ0) is 13.7. The number of hydrogen-bond donors (Lipinski definition) is 0. The van der Waals surface area contributed by atoms with Gasteiger partial charge in [0.05, 0.1) is 16.7 Å². The molecule has 1 amide bonds. The van der Waals surface area contributed by atoms with Gasteiger partial charge in [-0.15, -0.1) is 11.3 Å². The molecule has 18 heavy (non-hydrogen) atoms. The van der Waals surface area contributed by atoms with Gasteiger partial charge in [-0.3, -0.25) is 4.79 Å². The molecule has 0 radical (unpaired) electrons. The van der Waals surface area contributed by atoms with Gasteiger partial charge in [-0.2, -0.15) is 0 Å². The second kappa shape index (κ2) is 6.69. The lowest BCUT2D eigenvalue weighted by Gasteiger charge is -2.23. The minimum Gasteiger partial charge on any atom is -0.337 e. The van der Waals surface area contributed by atoms with Crippen LogP contribution in [0.2, 0.25) is 0 Å². The van der Waals surface area contributed by atoms with Crippen LogP contribution in [-0.2, 0) is 4.79 Å². The lowest BCUT2D eigenvalue weighted by atomic mass is 10.2. The third-order valence-corrected chi connectivity index (χ3v) is 3.91. The highest BCUT2D eigenvalue weighted by molar-refractivity contribution is 7.11. The van der Waals surface area contributed by atoms with Gasteiger partial charge in [0.2, 0.25) is 5.91 Å². The minimum atomic E-state index is 0.0393. The van der Waals surface area contributed by atoms with E-state index in [1.165, 1.54) is 4.88 Å². The Morgan fingerprint density at radius 3 is 2.61 bits per heavy atom. The van der Waals surface area contributed by atoms with E-state index in [0.717, 1.165) is 17.1 Å². The lowest BCUT2D eigenvalue weighted by Crippen LogP contribution is -2.29. The Balaban J connectivity index is 2.71. The van der Waals surface area contributed by atoms with E-state index in [9.17, 15) is 4.79 Å². The van der Waals surface area contributed by atoms with Crippen molar-refractivity contribution in [2.75, 3.05) is 7.05 Å². The van der Waals surface area contributed by atoms with Crippen LogP contribution in [0.5, 0.6) is 0 Å². The first-order valence-corrected chi connectivity index (χ1v) is 7.13. The average molecular weight is 266 g/mol. The van der Waals surface area contributed by atoms with E-state index in [1.54, 1.807) is 16.2 Å². The zero-order valence-corrected chi connectivity index (χ0v) is 12.7. The standard InChI is InChI=1S/C14H22N2OS/c1-6-7-8-9-13(17)16(5)10(2)14-11(3)18-12(4)15-14/h7-8,10H,6,9H2,1-5H3/b8-7+/t10-/m0/s1. The van der Waals surface area contributed by atoms with Gasteiger partial charge in [0.25, 0.3) is 0 Å². The van der Waals surface area contributed by atoms with Crippen LogP contribution in [0.4, 0.5) is 0 Å². The number of rotatable bonds is 5. The second-order valence-corrected chi connectivity index (χ2v) is 5.85. The average Bonchev–Trinajstić information content (AvgIpc) is 2.66. The van der Waals surface area contributed by atoms with Crippen LogP contribution in [0.3, 0.4) is 0 Å². The van der Waals surface area contributed by atoms with Crippen molar-refractivity contribution in [1.82, 2.24) is 9.88 Å². The molecule has 100 valence electrons. The first kappa shape index (κ1) is 14.9. The fourth-order valence-corrected chi connectivity index (χ4v) is 2.73. The number of allylic oxidation sites excluding steroid dienone is 1. The maximum absolute atomic E-state index is 12.0. The maximum Gasteiger partial charge on any atom is 0.226 e. The minimum absolute atomic E-state index is 0.0393. The van der Waals surface area contributed by atoms with Crippen LogP contribution in [0, 0.1) is 13.8 Å². The van der Waals surface area contributed by atoms with Gasteiger partial charge >= 0.3 is 0 Å². The van der Waals surface area contributed by atoms with E-state index in [2.05, 4.69) is 18.8 Å². The van der Waals surface area contributed by atoms with Gasteiger partial charge in [0.15, 0.2) is 0 Å². The Hall–Kier alpha value is -1.16. The lowest BCUT2D eigenvalue weighted by molar-refractivity contribution is -0.130. The van der Waals surface area contributed by atoms with Crippen molar-refractivity contribution in [1.29, 1.82) is 0 Å². The molecular formula is C14H22N2OS. The fraction of sp³-hybridized carbons (Fsp3) is 0.571. The Morgan fingerprint density at radius 1 is 1.44 bits per heavy atom. The van der Waals surface area contributed by atoms with Crippen LogP contribution in [0.1, 0.15) is 48.3 Å². The molecule has 0 aliphatic carbocycles. The maximum atomic E-state index is 12.0. The molecule has 0 saturated carbocycles. The monoisotopic (exact) mass is 266 g/mol. The topological polar surface area (TPSA) is 33.2 Å². The van der Waals surface area contributed by atoms with Crippen molar-refractivity contribution < 1.29 is 4.79 Å². The summed E-state index contributed by atoms with van der Waals surface area (Å²) in [6.07, 6.45) is 5.40. The number of hydrogen-bond acceptors (Lipinski definition) is 3. The smallest absolute Gasteiger partial charge is 0.226 e. The summed E-state index contributed by atoms with van der Waals surface area (Å²) < 4.78 is 0. The summed E-state index contributed by atoms with van der Waals surface area (Å²) in [6, 6.07) is 0.0393. The molecule has 0 N–H and O–H groups in total. The summed E-state index contributed by atoms with van der Waals surface area (Å²) in [6.45, 7) is 8.16. The molecule has 4 heteroatoms. The molecule has 3 nitrogen and oxygen atoms in total. The van der Waals surface area contributed by atoms with Crippen molar-refractivity contribution in [3.8, 4) is 0 Å². The molecule has 1 aromatic rings. The van der Waals surface area contributed by atoms with Crippen molar-refractivity contribution in [3.05, 3.63) is 27.7 Å². The Labute approximate surface area is 114 Å². The van der Waals surface area contributed by atoms with E-state index < -0.39 is 0 Å². The summed E-state index contributed by atoms with van der Waals surface area (Å²) in [5.41, 5.74) is 1.02. The van der Waals surface area contributed by atoms with Gasteiger partial charge in [0.1, 0.15) is 0 Å². The molecule has 1 rings (SSSR count). The van der Waals surface area contributed by atoms with E-state index in [4.69, 9.17) is 0 Å². The quantitative estimate of drug-likeness (QED) is 0.762. The van der Waals surface area contributed by atoms with Crippen LogP contribution in [-0.4, -0.2) is 22.8 Å². The molecule has 0 unspecified atom stereocenters. The summed E-state index contributed by atoms with van der Waals surface area (Å²) in [5, 5.41) is 1.06. The number of thiazole rings is 1. The molecule has 0 fully saturated rings. The predicted molar refractivity (Wildman–Crippen MR) is 76.8 cm³/mol. The first-order chi connectivity index (χ1) is 8.47. The zero-order valence-electron chi connectivity index (χ0n) is 11.9. The Bertz CT molecular complexity index is 437. The van der Waals surface area contributed by atoms with E-state index in [-0.39, 0.29) is 11.9 Å². The fourth-order valence-electron chi connectivity index (χ4n) is 1.83. The largest absolute Gasteiger partial charge is 0.337 e. The Kier molecular flexibility index (Phi) is 5.54. The summed E-state index contributed by atoms with van der Waals surface area (Å²) >= 11 is 1.69. The van der Waals surface area contributed by atoms with Gasteiger partial charge in [-0.05, 0) is 27.2 Å². The van der Waals surface area contributed by atoms with Gasteiger partial charge in [-0.25, -0.2) is 4.98 Å². The highest BCUT2D eigenvalue weighted by Gasteiger charge is 2.20. The number of carbonyl (C=O) groups is 1. The number of carbonyl (C=O) groups excluding carboxylic acids is 1. The van der Waals surface area contributed by atoms with E-state index in [1.807, 2.05) is 33.0 Å². The molecule has 0 bridgehead atoms. The Morgan fingerprint density at radius 2 is 2.11 bits per heavy atom. The van der Waals surface area contributed by atoms with E-state index >= 15 is 0 Å². The van der Waals surface area contributed by atoms with Crippen molar-refractivity contribution in [2.24, 2.45) is 0 Å². The van der Waals surface area contributed by atoms with Gasteiger partial charge < -0.3 is 4.90 Å². The summed E-state index contributed by atoms with van der Waals surface area (Å²) in [5.74, 6) is 0.136. The number of aromatic nitrogens is 1. The number of nitrogens with zero attached hydrogens (tertiary/aromatic N) is 2. The number of amides is 1. The van der Waals surface area contributed by atoms with Crippen molar-refractivity contribution in [3.63, 3.8) is 0 Å². The molecule has 0 spiro atoms. The third kappa shape index (κ3) is 3.67. The number of aryl methyl sites for hydroxylation is 2. The van der Waals surface area contributed by atoms with Crippen molar-refractivity contribution in [2.45, 2.75) is 46.6 Å². The highest BCUT2D eigenvalue weighted by Crippen LogP contribution is 2.26. The predicted octanol–water partition coefficient (Wildman–Crippen LogP) is 3.64. The molecule has 1 aromatic heterocycles. The van der Waals surface area contributed by atoms with Gasteiger partial charge in [0, 0.05) is 18.3 Å². The molecule has 0 aromatic carbocycles. The van der Waals surface area contributed by atoms with Crippen LogP contribution < -0.4 is 0 Å². The van der Waals surface area contributed by atoms with Crippen LogP contribution in [0.25, 0.3) is 0 Å². The molecule has 0 aliphatic rings. The normalized spacial score (nSPS) is 12.9. The highest BCUT2D eigenvalue weighted by atomic mass is 32.1. The molecule has 0 saturated heterocycles. The van der Waals surface area contributed by atoms with Gasteiger partial charge in [-0.1, -0.05) is 19.1 Å². The first-order valence-electron chi connectivity index (χ1n) is 6.32. The van der Waals surface area contributed by atoms with Crippen LogP contribution >= 0.6 is 11.3 Å². The molecule has 1 atom stereocenters. The van der Waals surface area contributed by atoms with Crippen molar-refractivity contribution >= 4 is 17.2 Å². The molecule has 0 aliphatic heterocycles. The summed E-state index contributed by atoms with van der Waals surface area (Å²) in [7, 11) is 1.85. The SMILES string of the molecule is CC/C=C/CC(=O)N(C)[C@@H](C)c1nc(C)sc1C. The molecular weight excluding hydrogens is 244 g/mol. The van der Waals surface area contributed by atoms with Crippen LogP contribution in [0.15, 0.2) is 12.2 Å². The molecule has 1 heterocycles. The second-order valence-electron chi connectivity index (χ2n) is 4.44. The third-order valence-electron chi connectivity index (χ3n) is 3.00.